The second-order valence-electron chi connectivity index (χ2n) is 3.74. The quantitative estimate of drug-likeness (QED) is 0.877. The minimum Gasteiger partial charge on any atom is -0.325 e. The summed E-state index contributed by atoms with van der Waals surface area (Å²) >= 11 is 7.50. The molecule has 0 spiro atoms. The van der Waals surface area contributed by atoms with E-state index in [2.05, 4.69) is 15.5 Å². The van der Waals surface area contributed by atoms with Gasteiger partial charge < -0.3 is 5.32 Å². The van der Waals surface area contributed by atoms with E-state index < -0.39 is 5.38 Å². The van der Waals surface area contributed by atoms with Crippen LogP contribution < -0.4 is 5.32 Å². The minimum atomic E-state index is -0.641. The van der Waals surface area contributed by atoms with E-state index in [0.29, 0.717) is 6.42 Å². The van der Waals surface area contributed by atoms with Gasteiger partial charge in [-0.1, -0.05) is 18.2 Å². The van der Waals surface area contributed by atoms with Crippen molar-refractivity contribution in [2.24, 2.45) is 0 Å². The molecule has 0 bridgehead atoms. The summed E-state index contributed by atoms with van der Waals surface area (Å²) in [7, 11) is 0. The largest absolute Gasteiger partial charge is 0.325 e. The van der Waals surface area contributed by atoms with Crippen LogP contribution in [0.15, 0.2) is 30.3 Å². The van der Waals surface area contributed by atoms with Crippen LogP contribution in [-0.4, -0.2) is 21.5 Å². The number of halogens is 1. The Balaban J connectivity index is 1.93. The number of rotatable bonds is 4. The highest BCUT2D eigenvalue weighted by Gasteiger charge is 2.18. The predicted octanol–water partition coefficient (Wildman–Crippen LogP) is 2.64. The zero-order valence-corrected chi connectivity index (χ0v) is 11.3. The van der Waals surface area contributed by atoms with Crippen molar-refractivity contribution in [1.82, 2.24) is 10.2 Å². The molecule has 1 unspecified atom stereocenters. The van der Waals surface area contributed by atoms with Crippen LogP contribution in [0.2, 0.25) is 0 Å². The number of amides is 1. The number of hydrogen-bond acceptors (Lipinski definition) is 4. The van der Waals surface area contributed by atoms with Gasteiger partial charge in [-0.2, -0.15) is 0 Å². The van der Waals surface area contributed by atoms with Crippen molar-refractivity contribution in [2.45, 2.75) is 18.7 Å². The molecule has 1 N–H and O–H groups in total. The van der Waals surface area contributed by atoms with Crippen LogP contribution in [0.3, 0.4) is 0 Å². The zero-order valence-electron chi connectivity index (χ0n) is 9.76. The standard InChI is InChI=1S/C12H12ClN3OS/c1-8-15-16-11(18-8)7-10(13)12(17)14-9-5-3-2-4-6-9/h2-6,10H,7H2,1H3,(H,14,17). The number of aryl methyl sites for hydroxylation is 1. The number of hydrogen-bond donors (Lipinski definition) is 1. The summed E-state index contributed by atoms with van der Waals surface area (Å²) in [5.74, 6) is -0.226. The molecule has 0 saturated heterocycles. The average molecular weight is 282 g/mol. The maximum Gasteiger partial charge on any atom is 0.242 e. The van der Waals surface area contributed by atoms with Gasteiger partial charge in [-0.05, 0) is 19.1 Å². The molecule has 0 aliphatic carbocycles. The maximum atomic E-state index is 11.8. The van der Waals surface area contributed by atoms with Crippen LogP contribution in [0.1, 0.15) is 10.0 Å². The van der Waals surface area contributed by atoms with Gasteiger partial charge in [0.2, 0.25) is 5.91 Å². The molecule has 1 heterocycles. The summed E-state index contributed by atoms with van der Waals surface area (Å²) in [5, 5.41) is 11.6. The van der Waals surface area contributed by atoms with E-state index in [1.54, 1.807) is 0 Å². The van der Waals surface area contributed by atoms with Gasteiger partial charge in [0.1, 0.15) is 15.4 Å². The third-order valence-corrected chi connectivity index (χ3v) is 3.46. The third-order valence-electron chi connectivity index (χ3n) is 2.25. The number of aromatic nitrogens is 2. The lowest BCUT2D eigenvalue weighted by Gasteiger charge is -2.08. The summed E-state index contributed by atoms with van der Waals surface area (Å²) in [6, 6.07) is 9.23. The maximum absolute atomic E-state index is 11.8. The fraction of sp³-hybridized carbons (Fsp3) is 0.250. The molecule has 0 radical (unpaired) electrons. The van der Waals surface area contributed by atoms with Crippen molar-refractivity contribution in [3.8, 4) is 0 Å². The van der Waals surface area contributed by atoms with Gasteiger partial charge in [-0.15, -0.1) is 33.1 Å². The molecular formula is C12H12ClN3OS. The molecule has 6 heteroatoms. The first kappa shape index (κ1) is 13.0. The van der Waals surface area contributed by atoms with Crippen LogP contribution in [0, 0.1) is 6.92 Å². The molecule has 1 aromatic carbocycles. The molecule has 1 atom stereocenters. The van der Waals surface area contributed by atoms with Crippen LogP contribution >= 0.6 is 22.9 Å². The number of carbonyl (C=O) groups excluding carboxylic acids is 1. The predicted molar refractivity (Wildman–Crippen MR) is 73.1 cm³/mol. The average Bonchev–Trinajstić information content (AvgIpc) is 2.76. The Morgan fingerprint density at radius 2 is 2.11 bits per heavy atom. The molecular weight excluding hydrogens is 270 g/mol. The smallest absolute Gasteiger partial charge is 0.242 e. The SMILES string of the molecule is Cc1nnc(CC(Cl)C(=O)Nc2ccccc2)s1. The molecule has 2 rings (SSSR count). The molecule has 1 amide bonds. The highest BCUT2D eigenvalue weighted by Crippen LogP contribution is 2.15. The number of carbonyl (C=O) groups is 1. The van der Waals surface area contributed by atoms with Gasteiger partial charge in [-0.3, -0.25) is 4.79 Å². The molecule has 0 saturated carbocycles. The van der Waals surface area contributed by atoms with Crippen molar-refractivity contribution >= 4 is 34.5 Å². The Labute approximate surface area is 114 Å². The first-order chi connectivity index (χ1) is 8.65. The zero-order chi connectivity index (χ0) is 13.0. The van der Waals surface area contributed by atoms with Crippen LogP contribution in [-0.2, 0) is 11.2 Å². The van der Waals surface area contributed by atoms with E-state index in [4.69, 9.17) is 11.6 Å². The fourth-order valence-electron chi connectivity index (χ4n) is 1.41. The Morgan fingerprint density at radius 1 is 1.39 bits per heavy atom. The summed E-state index contributed by atoms with van der Waals surface area (Å²) < 4.78 is 0. The highest BCUT2D eigenvalue weighted by molar-refractivity contribution is 7.11. The minimum absolute atomic E-state index is 0.226. The topological polar surface area (TPSA) is 54.9 Å². The Morgan fingerprint density at radius 3 is 2.72 bits per heavy atom. The van der Waals surface area contributed by atoms with E-state index in [1.807, 2.05) is 37.3 Å². The molecule has 0 aliphatic rings. The third kappa shape index (κ3) is 3.51. The number of benzene rings is 1. The molecule has 0 fully saturated rings. The molecule has 94 valence electrons. The molecule has 4 nitrogen and oxygen atoms in total. The van der Waals surface area contributed by atoms with Crippen molar-refractivity contribution < 1.29 is 4.79 Å². The van der Waals surface area contributed by atoms with Gasteiger partial charge in [0.15, 0.2) is 0 Å². The molecule has 1 aromatic heterocycles. The summed E-state index contributed by atoms with van der Waals surface area (Å²) in [4.78, 5) is 11.8. The Kier molecular flexibility index (Phi) is 4.28. The second-order valence-corrected chi connectivity index (χ2v) is 5.53. The van der Waals surface area contributed by atoms with E-state index >= 15 is 0 Å². The first-order valence-corrected chi connectivity index (χ1v) is 6.69. The molecule has 18 heavy (non-hydrogen) atoms. The molecule has 2 aromatic rings. The van der Waals surface area contributed by atoms with E-state index in [1.165, 1.54) is 11.3 Å². The van der Waals surface area contributed by atoms with Crippen molar-refractivity contribution in [2.75, 3.05) is 5.32 Å². The van der Waals surface area contributed by atoms with Gasteiger partial charge >= 0.3 is 0 Å². The van der Waals surface area contributed by atoms with E-state index in [-0.39, 0.29) is 5.91 Å². The lowest BCUT2D eigenvalue weighted by atomic mass is 10.2. The highest BCUT2D eigenvalue weighted by atomic mass is 35.5. The Hall–Kier alpha value is -1.46. The van der Waals surface area contributed by atoms with Crippen LogP contribution in [0.25, 0.3) is 0 Å². The number of anilines is 1. The van der Waals surface area contributed by atoms with Crippen LogP contribution in [0.4, 0.5) is 5.69 Å². The lowest BCUT2D eigenvalue weighted by Crippen LogP contribution is -2.25. The van der Waals surface area contributed by atoms with Crippen molar-refractivity contribution in [3.63, 3.8) is 0 Å². The van der Waals surface area contributed by atoms with Gasteiger partial charge in [0.25, 0.3) is 0 Å². The van der Waals surface area contributed by atoms with Crippen LogP contribution in [0.5, 0.6) is 0 Å². The van der Waals surface area contributed by atoms with Gasteiger partial charge in [0.05, 0.1) is 0 Å². The van der Waals surface area contributed by atoms with Crippen molar-refractivity contribution in [1.29, 1.82) is 0 Å². The number of alkyl halides is 1. The van der Waals surface area contributed by atoms with Gasteiger partial charge in [0, 0.05) is 12.1 Å². The summed E-state index contributed by atoms with van der Waals surface area (Å²) in [6.07, 6.45) is 0.395. The Bertz CT molecular complexity index is 529. The van der Waals surface area contributed by atoms with Gasteiger partial charge in [-0.25, -0.2) is 0 Å². The fourth-order valence-corrected chi connectivity index (χ4v) is 2.45. The first-order valence-electron chi connectivity index (χ1n) is 5.44. The monoisotopic (exact) mass is 281 g/mol. The number of nitrogens with zero attached hydrogens (tertiary/aromatic N) is 2. The summed E-state index contributed by atoms with van der Waals surface area (Å²) in [6.45, 7) is 1.87. The normalized spacial score (nSPS) is 12.1. The second kappa shape index (κ2) is 5.93. The number of para-hydroxylation sites is 1. The number of nitrogens with one attached hydrogen (secondary N) is 1. The van der Waals surface area contributed by atoms with Crippen molar-refractivity contribution in [3.05, 3.63) is 40.3 Å². The van der Waals surface area contributed by atoms with E-state index in [0.717, 1.165) is 15.7 Å². The van der Waals surface area contributed by atoms with E-state index in [9.17, 15) is 4.79 Å². The lowest BCUT2D eigenvalue weighted by molar-refractivity contribution is -0.115. The summed E-state index contributed by atoms with van der Waals surface area (Å²) in [5.41, 5.74) is 0.738. The molecule has 0 aliphatic heterocycles.